The third kappa shape index (κ3) is 5.13. The second kappa shape index (κ2) is 8.33. The molecule has 0 saturated carbocycles. The van der Waals surface area contributed by atoms with Crippen LogP contribution in [0.2, 0.25) is 0 Å². The summed E-state index contributed by atoms with van der Waals surface area (Å²) in [4.78, 5) is 13.8. The van der Waals surface area contributed by atoms with Gasteiger partial charge in [0.2, 0.25) is 0 Å². The molecule has 0 aromatic heterocycles. The number of hydrogen-bond donors (Lipinski definition) is 2. The molecular formula is C19H31N2O+. The van der Waals surface area contributed by atoms with Gasteiger partial charge in [0.25, 0.3) is 5.91 Å². The molecule has 1 heterocycles. The number of hydrogen-bond acceptors (Lipinski definition) is 1. The van der Waals surface area contributed by atoms with Crippen LogP contribution in [0.1, 0.15) is 61.8 Å². The summed E-state index contributed by atoms with van der Waals surface area (Å²) in [5.41, 5.74) is 3.78. The van der Waals surface area contributed by atoms with Gasteiger partial charge in [-0.25, -0.2) is 0 Å². The average molecular weight is 303 g/mol. The molecule has 3 heteroatoms. The van der Waals surface area contributed by atoms with Crippen molar-refractivity contribution in [3.63, 3.8) is 0 Å². The summed E-state index contributed by atoms with van der Waals surface area (Å²) in [7, 11) is 0. The van der Waals surface area contributed by atoms with E-state index in [1.165, 1.54) is 53.7 Å². The van der Waals surface area contributed by atoms with Gasteiger partial charge in [-0.1, -0.05) is 24.6 Å². The van der Waals surface area contributed by atoms with E-state index in [0.717, 1.165) is 13.1 Å². The van der Waals surface area contributed by atoms with Crippen LogP contribution in [0.25, 0.3) is 0 Å². The number of amides is 1. The minimum atomic E-state index is 0.0842. The Kier molecular flexibility index (Phi) is 6.44. The highest BCUT2D eigenvalue weighted by molar-refractivity contribution is 5.77. The number of aryl methyl sites for hydroxylation is 2. The predicted molar refractivity (Wildman–Crippen MR) is 91.1 cm³/mol. The number of nitrogens with one attached hydrogen (secondary N) is 2. The van der Waals surface area contributed by atoms with Crippen LogP contribution < -0.4 is 10.2 Å². The molecule has 1 aromatic rings. The van der Waals surface area contributed by atoms with E-state index in [9.17, 15) is 4.79 Å². The molecule has 2 N–H and O–H groups in total. The second-order valence-corrected chi connectivity index (χ2v) is 6.83. The predicted octanol–water partition coefficient (Wildman–Crippen LogP) is 2.33. The molecule has 0 unspecified atom stereocenters. The van der Waals surface area contributed by atoms with Crippen LogP contribution in [-0.2, 0) is 4.79 Å². The minimum Gasteiger partial charge on any atom is -0.345 e. The van der Waals surface area contributed by atoms with Crippen LogP contribution in [0.4, 0.5) is 0 Å². The maximum absolute atomic E-state index is 12.3. The first-order valence-corrected chi connectivity index (χ1v) is 8.76. The first-order valence-electron chi connectivity index (χ1n) is 8.76. The molecule has 2 rings (SSSR count). The summed E-state index contributed by atoms with van der Waals surface area (Å²) in [6, 6.07) is 6.53. The molecule has 1 fully saturated rings. The molecule has 3 nitrogen and oxygen atoms in total. The highest BCUT2D eigenvalue weighted by atomic mass is 16.2. The van der Waals surface area contributed by atoms with Crippen LogP contribution in [0.5, 0.6) is 0 Å². The summed E-state index contributed by atoms with van der Waals surface area (Å²) in [6.07, 6.45) is 6.53. The van der Waals surface area contributed by atoms with Gasteiger partial charge in [0.05, 0.1) is 19.1 Å². The quantitative estimate of drug-likeness (QED) is 0.879. The molecule has 0 aliphatic carbocycles. The Morgan fingerprint density at radius 1 is 1.09 bits per heavy atom. The number of quaternary nitrogens is 1. The zero-order chi connectivity index (χ0) is 15.9. The molecule has 1 aromatic carbocycles. The van der Waals surface area contributed by atoms with Crippen molar-refractivity contribution in [1.29, 1.82) is 0 Å². The Hall–Kier alpha value is -1.35. The van der Waals surface area contributed by atoms with E-state index in [0.29, 0.717) is 6.54 Å². The standard InChI is InChI=1S/C19H30N2O/c1-15-9-10-18(13-16(15)2)17(3)20-19(22)14-21-11-7-5-4-6-8-12-21/h9-10,13,17H,4-8,11-12,14H2,1-3H3,(H,20,22)/p+1/t17-/m0/s1. The molecule has 122 valence electrons. The highest BCUT2D eigenvalue weighted by Gasteiger charge is 2.17. The number of carbonyl (C=O) groups is 1. The van der Waals surface area contributed by atoms with E-state index >= 15 is 0 Å². The van der Waals surface area contributed by atoms with Gasteiger partial charge in [-0.15, -0.1) is 0 Å². The fraction of sp³-hybridized carbons (Fsp3) is 0.632. The van der Waals surface area contributed by atoms with Crippen molar-refractivity contribution >= 4 is 5.91 Å². The summed E-state index contributed by atoms with van der Waals surface area (Å²) >= 11 is 0. The zero-order valence-corrected chi connectivity index (χ0v) is 14.4. The first kappa shape index (κ1) is 17.0. The van der Waals surface area contributed by atoms with Crippen LogP contribution in [0.15, 0.2) is 18.2 Å². The van der Waals surface area contributed by atoms with Gasteiger partial charge >= 0.3 is 0 Å². The Morgan fingerprint density at radius 2 is 1.73 bits per heavy atom. The Morgan fingerprint density at radius 3 is 2.36 bits per heavy atom. The third-order valence-electron chi connectivity index (χ3n) is 4.88. The summed E-state index contributed by atoms with van der Waals surface area (Å²) in [6.45, 7) is 9.22. The first-order chi connectivity index (χ1) is 10.6. The minimum absolute atomic E-state index is 0.0842. The Balaban J connectivity index is 1.85. The SMILES string of the molecule is Cc1ccc([C@H](C)NC(=O)C[NH+]2CCCCCCC2)cc1C. The molecule has 0 radical (unpaired) electrons. The Labute approximate surface area is 135 Å². The summed E-state index contributed by atoms with van der Waals surface area (Å²) in [5.74, 6) is 0.182. The topological polar surface area (TPSA) is 33.5 Å². The lowest BCUT2D eigenvalue weighted by Gasteiger charge is -2.22. The maximum Gasteiger partial charge on any atom is 0.275 e. The zero-order valence-electron chi connectivity index (χ0n) is 14.4. The number of likely N-dealkylation sites (tertiary alicyclic amines) is 1. The van der Waals surface area contributed by atoms with Crippen molar-refractivity contribution in [3.05, 3.63) is 34.9 Å². The molecule has 22 heavy (non-hydrogen) atoms. The normalized spacial score (nSPS) is 18.3. The highest BCUT2D eigenvalue weighted by Crippen LogP contribution is 2.16. The van der Waals surface area contributed by atoms with E-state index < -0.39 is 0 Å². The van der Waals surface area contributed by atoms with Gasteiger partial charge in [0.1, 0.15) is 0 Å². The van der Waals surface area contributed by atoms with E-state index in [1.807, 2.05) is 0 Å². The van der Waals surface area contributed by atoms with Gasteiger partial charge in [0.15, 0.2) is 6.54 Å². The molecule has 0 spiro atoms. The summed E-state index contributed by atoms with van der Waals surface area (Å²) < 4.78 is 0. The fourth-order valence-electron chi connectivity index (χ4n) is 3.22. The van der Waals surface area contributed by atoms with Crippen LogP contribution in [0.3, 0.4) is 0 Å². The lowest BCUT2D eigenvalue weighted by atomic mass is 10.0. The maximum atomic E-state index is 12.3. The van der Waals surface area contributed by atoms with Crippen LogP contribution in [0, 0.1) is 13.8 Å². The number of benzene rings is 1. The largest absolute Gasteiger partial charge is 0.345 e. The van der Waals surface area contributed by atoms with Gasteiger partial charge in [-0.2, -0.15) is 0 Å². The van der Waals surface area contributed by atoms with Gasteiger partial charge in [-0.3, -0.25) is 4.79 Å². The van der Waals surface area contributed by atoms with Crippen molar-refractivity contribution in [2.75, 3.05) is 19.6 Å². The van der Waals surface area contributed by atoms with Crippen LogP contribution in [-0.4, -0.2) is 25.5 Å². The molecule has 1 saturated heterocycles. The molecule has 1 atom stereocenters. The summed E-state index contributed by atoms with van der Waals surface area (Å²) in [5, 5.41) is 3.17. The van der Waals surface area contributed by atoms with Gasteiger partial charge < -0.3 is 10.2 Å². The van der Waals surface area contributed by atoms with Crippen molar-refractivity contribution < 1.29 is 9.69 Å². The van der Waals surface area contributed by atoms with Crippen molar-refractivity contribution in [1.82, 2.24) is 5.32 Å². The Bertz CT molecular complexity index is 490. The molecule has 1 aliphatic heterocycles. The van der Waals surface area contributed by atoms with Crippen molar-refractivity contribution in [3.8, 4) is 0 Å². The van der Waals surface area contributed by atoms with Crippen molar-refractivity contribution in [2.45, 2.75) is 58.9 Å². The number of carbonyl (C=O) groups excluding carboxylic acids is 1. The fourth-order valence-corrected chi connectivity index (χ4v) is 3.22. The van der Waals surface area contributed by atoms with Gasteiger partial charge in [-0.05, 0) is 63.1 Å². The lowest BCUT2D eigenvalue weighted by molar-refractivity contribution is -0.893. The lowest BCUT2D eigenvalue weighted by Crippen LogP contribution is -3.13. The van der Waals surface area contributed by atoms with Crippen molar-refractivity contribution in [2.24, 2.45) is 0 Å². The molecule has 1 amide bonds. The molecule has 1 aliphatic rings. The monoisotopic (exact) mass is 303 g/mol. The number of rotatable bonds is 4. The molecular weight excluding hydrogens is 272 g/mol. The van der Waals surface area contributed by atoms with E-state index in [-0.39, 0.29) is 11.9 Å². The van der Waals surface area contributed by atoms with E-state index in [2.05, 4.69) is 44.3 Å². The average Bonchev–Trinajstić information content (AvgIpc) is 2.44. The van der Waals surface area contributed by atoms with Crippen LogP contribution >= 0.6 is 0 Å². The van der Waals surface area contributed by atoms with E-state index in [4.69, 9.17) is 0 Å². The molecule has 0 bridgehead atoms. The smallest absolute Gasteiger partial charge is 0.275 e. The van der Waals surface area contributed by atoms with Gasteiger partial charge in [0, 0.05) is 0 Å². The second-order valence-electron chi connectivity index (χ2n) is 6.83. The van der Waals surface area contributed by atoms with E-state index in [1.54, 1.807) is 0 Å². The third-order valence-corrected chi connectivity index (χ3v) is 4.88.